The summed E-state index contributed by atoms with van der Waals surface area (Å²) >= 11 is 0. The Morgan fingerprint density at radius 2 is 2.00 bits per heavy atom. The molecule has 0 radical (unpaired) electrons. The van der Waals surface area contributed by atoms with Gasteiger partial charge in [-0.2, -0.15) is 0 Å². The Morgan fingerprint density at radius 3 is 2.65 bits per heavy atom. The minimum absolute atomic E-state index is 0.165. The van der Waals surface area contributed by atoms with Gasteiger partial charge < -0.3 is 4.74 Å². The second-order valence-corrected chi connectivity index (χ2v) is 5.91. The Labute approximate surface area is 103 Å². The molecule has 0 heterocycles. The van der Waals surface area contributed by atoms with Crippen molar-refractivity contribution in [2.75, 3.05) is 12.4 Å². The molecule has 1 aromatic rings. The van der Waals surface area contributed by atoms with Crippen molar-refractivity contribution < 1.29 is 13.2 Å². The van der Waals surface area contributed by atoms with Crippen molar-refractivity contribution >= 4 is 9.84 Å². The quantitative estimate of drug-likeness (QED) is 0.555. The van der Waals surface area contributed by atoms with E-state index in [1.807, 2.05) is 19.1 Å². The minimum atomic E-state index is -3.16. The zero-order valence-electron chi connectivity index (χ0n) is 10.1. The normalized spacial score (nSPS) is 11.1. The topological polar surface area (TPSA) is 43.4 Å². The second kappa shape index (κ2) is 6.45. The lowest BCUT2D eigenvalue weighted by molar-refractivity contribution is 0.245. The zero-order valence-corrected chi connectivity index (χ0v) is 10.9. The molecule has 0 saturated heterocycles. The highest BCUT2D eigenvalue weighted by molar-refractivity contribution is 7.91. The standard InChI is InChI=1S/C13H18O3S/c1-3-16-10-6-7-11-17(14,15)13-9-5-4-8-12(13)2/h3-5,8-9H,1,6-7,10-11H2,2H3. The summed E-state index contributed by atoms with van der Waals surface area (Å²) in [5.74, 6) is 0.165. The molecule has 0 aliphatic carbocycles. The van der Waals surface area contributed by atoms with Gasteiger partial charge in [0.2, 0.25) is 0 Å². The largest absolute Gasteiger partial charge is 0.502 e. The van der Waals surface area contributed by atoms with Gasteiger partial charge in [-0.1, -0.05) is 24.8 Å². The Balaban J connectivity index is 2.58. The van der Waals surface area contributed by atoms with Crippen LogP contribution in [0, 0.1) is 6.92 Å². The van der Waals surface area contributed by atoms with Crippen molar-refractivity contribution in [2.45, 2.75) is 24.7 Å². The van der Waals surface area contributed by atoms with Crippen molar-refractivity contribution in [3.8, 4) is 0 Å². The van der Waals surface area contributed by atoms with Crippen LogP contribution in [0.3, 0.4) is 0 Å². The smallest absolute Gasteiger partial charge is 0.178 e. The van der Waals surface area contributed by atoms with Crippen molar-refractivity contribution in [3.63, 3.8) is 0 Å². The third-order valence-electron chi connectivity index (χ3n) is 2.47. The average molecular weight is 254 g/mol. The summed E-state index contributed by atoms with van der Waals surface area (Å²) in [7, 11) is -3.16. The highest BCUT2D eigenvalue weighted by Crippen LogP contribution is 2.16. The molecule has 0 N–H and O–H groups in total. The first-order chi connectivity index (χ1) is 8.08. The summed E-state index contributed by atoms with van der Waals surface area (Å²) in [6.07, 6.45) is 2.69. The highest BCUT2D eigenvalue weighted by atomic mass is 32.2. The van der Waals surface area contributed by atoms with E-state index in [1.54, 1.807) is 12.1 Å². The molecule has 0 spiro atoms. The molecule has 1 aromatic carbocycles. The van der Waals surface area contributed by atoms with Gasteiger partial charge in [0.15, 0.2) is 9.84 Å². The van der Waals surface area contributed by atoms with Crippen LogP contribution in [-0.2, 0) is 14.6 Å². The molecular weight excluding hydrogens is 236 g/mol. The monoisotopic (exact) mass is 254 g/mol. The Morgan fingerprint density at radius 1 is 1.29 bits per heavy atom. The maximum absolute atomic E-state index is 12.0. The summed E-state index contributed by atoms with van der Waals surface area (Å²) in [4.78, 5) is 0.435. The van der Waals surface area contributed by atoms with E-state index in [9.17, 15) is 8.42 Å². The van der Waals surface area contributed by atoms with Crippen LogP contribution in [0.25, 0.3) is 0 Å². The molecule has 3 nitrogen and oxygen atoms in total. The van der Waals surface area contributed by atoms with Gasteiger partial charge >= 0.3 is 0 Å². The molecule has 0 atom stereocenters. The Kier molecular flexibility index (Phi) is 5.22. The van der Waals surface area contributed by atoms with E-state index in [0.29, 0.717) is 17.9 Å². The fourth-order valence-electron chi connectivity index (χ4n) is 1.58. The van der Waals surface area contributed by atoms with Gasteiger partial charge in [0, 0.05) is 0 Å². The molecule has 1 rings (SSSR count). The van der Waals surface area contributed by atoms with Crippen LogP contribution < -0.4 is 0 Å². The fourth-order valence-corrected chi connectivity index (χ4v) is 3.22. The number of benzene rings is 1. The fraction of sp³-hybridized carbons (Fsp3) is 0.385. The van der Waals surface area contributed by atoms with Gasteiger partial charge in [-0.05, 0) is 31.4 Å². The first-order valence-electron chi connectivity index (χ1n) is 5.59. The molecule has 0 bridgehead atoms. The summed E-state index contributed by atoms with van der Waals surface area (Å²) in [5.41, 5.74) is 0.801. The molecule has 0 unspecified atom stereocenters. The van der Waals surface area contributed by atoms with E-state index < -0.39 is 9.84 Å². The molecule has 0 fully saturated rings. The van der Waals surface area contributed by atoms with Gasteiger partial charge in [-0.15, -0.1) is 0 Å². The van der Waals surface area contributed by atoms with Crippen LogP contribution >= 0.6 is 0 Å². The lowest BCUT2D eigenvalue weighted by Gasteiger charge is -2.07. The van der Waals surface area contributed by atoms with Crippen molar-refractivity contribution in [3.05, 3.63) is 42.7 Å². The number of hydrogen-bond donors (Lipinski definition) is 0. The van der Waals surface area contributed by atoms with Crippen LogP contribution in [0.4, 0.5) is 0 Å². The lowest BCUT2D eigenvalue weighted by atomic mass is 10.2. The highest BCUT2D eigenvalue weighted by Gasteiger charge is 2.15. The second-order valence-electron chi connectivity index (χ2n) is 3.83. The lowest BCUT2D eigenvalue weighted by Crippen LogP contribution is -2.09. The van der Waals surface area contributed by atoms with Crippen molar-refractivity contribution in [2.24, 2.45) is 0 Å². The van der Waals surface area contributed by atoms with Crippen LogP contribution in [0.15, 0.2) is 42.0 Å². The SMILES string of the molecule is C=COCCCCS(=O)(=O)c1ccccc1C. The summed E-state index contributed by atoms with van der Waals surface area (Å²) in [6, 6.07) is 7.06. The third kappa shape index (κ3) is 4.23. The number of rotatable bonds is 7. The molecule has 0 aliphatic rings. The minimum Gasteiger partial charge on any atom is -0.502 e. The van der Waals surface area contributed by atoms with E-state index in [-0.39, 0.29) is 5.75 Å². The molecule has 0 aromatic heterocycles. The number of ether oxygens (including phenoxy) is 1. The van der Waals surface area contributed by atoms with Gasteiger partial charge in [0.05, 0.1) is 23.5 Å². The van der Waals surface area contributed by atoms with Crippen LogP contribution in [0.1, 0.15) is 18.4 Å². The third-order valence-corrected chi connectivity index (χ3v) is 4.43. The maximum Gasteiger partial charge on any atom is 0.178 e. The van der Waals surface area contributed by atoms with E-state index in [2.05, 4.69) is 6.58 Å². The van der Waals surface area contributed by atoms with E-state index in [4.69, 9.17) is 4.74 Å². The molecule has 94 valence electrons. The van der Waals surface area contributed by atoms with E-state index >= 15 is 0 Å². The molecule has 4 heteroatoms. The van der Waals surface area contributed by atoms with Crippen LogP contribution in [-0.4, -0.2) is 20.8 Å². The van der Waals surface area contributed by atoms with Crippen molar-refractivity contribution in [1.29, 1.82) is 0 Å². The van der Waals surface area contributed by atoms with Gasteiger partial charge in [-0.3, -0.25) is 0 Å². The maximum atomic E-state index is 12.0. The summed E-state index contributed by atoms with van der Waals surface area (Å²) < 4.78 is 29.0. The first-order valence-corrected chi connectivity index (χ1v) is 7.24. The van der Waals surface area contributed by atoms with Gasteiger partial charge in [0.25, 0.3) is 0 Å². The van der Waals surface area contributed by atoms with E-state index in [0.717, 1.165) is 12.0 Å². The average Bonchev–Trinajstić information content (AvgIpc) is 2.29. The molecular formula is C13H18O3S. The van der Waals surface area contributed by atoms with Gasteiger partial charge in [-0.25, -0.2) is 8.42 Å². The van der Waals surface area contributed by atoms with Gasteiger partial charge in [0.1, 0.15) is 0 Å². The molecule has 0 aliphatic heterocycles. The Bertz CT molecular complexity index is 463. The number of aryl methyl sites for hydroxylation is 1. The molecule has 0 amide bonds. The van der Waals surface area contributed by atoms with Crippen LogP contribution in [0.5, 0.6) is 0 Å². The van der Waals surface area contributed by atoms with Crippen molar-refractivity contribution in [1.82, 2.24) is 0 Å². The Hall–Kier alpha value is -1.29. The zero-order chi connectivity index (χ0) is 12.7. The first kappa shape index (κ1) is 13.8. The number of hydrogen-bond acceptors (Lipinski definition) is 3. The predicted molar refractivity (Wildman–Crippen MR) is 68.6 cm³/mol. The number of sulfone groups is 1. The predicted octanol–water partition coefficient (Wildman–Crippen LogP) is 2.71. The molecule has 17 heavy (non-hydrogen) atoms. The summed E-state index contributed by atoms with van der Waals surface area (Å²) in [5, 5.41) is 0. The summed E-state index contributed by atoms with van der Waals surface area (Å²) in [6.45, 7) is 5.76. The number of unbranched alkanes of at least 4 members (excludes halogenated alkanes) is 1. The van der Waals surface area contributed by atoms with Crippen LogP contribution in [0.2, 0.25) is 0 Å². The van der Waals surface area contributed by atoms with E-state index in [1.165, 1.54) is 6.26 Å². The molecule has 0 saturated carbocycles.